The van der Waals surface area contributed by atoms with Crippen molar-refractivity contribution in [2.75, 3.05) is 52.6 Å². The standard InChI is InChI=1S/C16H22N4O3S/c1-18-8-7-17-15(18)13-3-5-14(6-4-13)16(21)19-9-11-20(12-10-19)24(2,22)23/h3-6H,7-12H2,1-2H3. The third kappa shape index (κ3) is 3.44. The molecule has 0 aromatic heterocycles. The van der Waals surface area contributed by atoms with Gasteiger partial charge >= 0.3 is 0 Å². The molecular weight excluding hydrogens is 328 g/mol. The maximum absolute atomic E-state index is 12.6. The predicted octanol–water partition coefficient (Wildman–Crippen LogP) is 0.0960. The Balaban J connectivity index is 1.66. The maximum atomic E-state index is 12.6. The number of sulfonamides is 1. The molecular formula is C16H22N4O3S. The molecule has 7 nitrogen and oxygen atoms in total. The smallest absolute Gasteiger partial charge is 0.253 e. The first-order valence-corrected chi connectivity index (χ1v) is 9.81. The number of nitrogens with zero attached hydrogens (tertiary/aromatic N) is 4. The predicted molar refractivity (Wildman–Crippen MR) is 92.8 cm³/mol. The molecule has 0 atom stereocenters. The van der Waals surface area contributed by atoms with Gasteiger partial charge in [0.2, 0.25) is 10.0 Å². The molecule has 2 aliphatic rings. The minimum absolute atomic E-state index is 0.0589. The highest BCUT2D eigenvalue weighted by Gasteiger charge is 2.26. The van der Waals surface area contributed by atoms with E-state index in [0.29, 0.717) is 31.7 Å². The fourth-order valence-electron chi connectivity index (χ4n) is 3.01. The van der Waals surface area contributed by atoms with Crippen molar-refractivity contribution in [3.05, 3.63) is 35.4 Å². The Morgan fingerprint density at radius 1 is 1.04 bits per heavy atom. The Kier molecular flexibility index (Phi) is 4.60. The molecule has 1 fully saturated rings. The van der Waals surface area contributed by atoms with Gasteiger partial charge in [0.1, 0.15) is 5.84 Å². The second-order valence-electron chi connectivity index (χ2n) is 6.16. The van der Waals surface area contributed by atoms with Crippen LogP contribution in [0.3, 0.4) is 0 Å². The van der Waals surface area contributed by atoms with Gasteiger partial charge in [-0.15, -0.1) is 0 Å². The third-order valence-electron chi connectivity index (χ3n) is 4.44. The summed E-state index contributed by atoms with van der Waals surface area (Å²) in [7, 11) is -1.18. The van der Waals surface area contributed by atoms with Crippen molar-refractivity contribution in [3.8, 4) is 0 Å². The first-order valence-electron chi connectivity index (χ1n) is 7.97. The number of rotatable bonds is 3. The van der Waals surface area contributed by atoms with Crippen LogP contribution < -0.4 is 0 Å². The van der Waals surface area contributed by atoms with E-state index in [0.717, 1.165) is 24.5 Å². The molecule has 0 bridgehead atoms. The molecule has 0 spiro atoms. The van der Waals surface area contributed by atoms with Crippen molar-refractivity contribution < 1.29 is 13.2 Å². The maximum Gasteiger partial charge on any atom is 0.253 e. The molecule has 2 aliphatic heterocycles. The molecule has 3 rings (SSSR count). The van der Waals surface area contributed by atoms with Gasteiger partial charge in [0, 0.05) is 50.9 Å². The summed E-state index contributed by atoms with van der Waals surface area (Å²) in [4.78, 5) is 20.8. The Morgan fingerprint density at radius 3 is 2.17 bits per heavy atom. The summed E-state index contributed by atoms with van der Waals surface area (Å²) in [5.74, 6) is 0.896. The summed E-state index contributed by atoms with van der Waals surface area (Å²) in [5.41, 5.74) is 1.63. The zero-order valence-electron chi connectivity index (χ0n) is 14.0. The van der Waals surface area contributed by atoms with Crippen LogP contribution in [0.5, 0.6) is 0 Å². The van der Waals surface area contributed by atoms with Crippen LogP contribution in [0.4, 0.5) is 0 Å². The Morgan fingerprint density at radius 2 is 1.67 bits per heavy atom. The third-order valence-corrected chi connectivity index (χ3v) is 5.75. The lowest BCUT2D eigenvalue weighted by Crippen LogP contribution is -2.50. The van der Waals surface area contributed by atoms with E-state index in [4.69, 9.17) is 0 Å². The van der Waals surface area contributed by atoms with Crippen LogP contribution in [0, 0.1) is 0 Å². The summed E-state index contributed by atoms with van der Waals surface area (Å²) in [6.07, 6.45) is 1.20. The number of amidine groups is 1. The molecule has 8 heteroatoms. The van der Waals surface area contributed by atoms with E-state index in [1.54, 1.807) is 4.90 Å². The molecule has 1 aromatic carbocycles. The molecule has 1 aromatic rings. The summed E-state index contributed by atoms with van der Waals surface area (Å²) >= 11 is 0. The average Bonchev–Trinajstić information content (AvgIpc) is 3.00. The van der Waals surface area contributed by atoms with Crippen LogP contribution in [0.25, 0.3) is 0 Å². The van der Waals surface area contributed by atoms with Gasteiger partial charge in [0.15, 0.2) is 0 Å². The van der Waals surface area contributed by atoms with Crippen LogP contribution in [0.15, 0.2) is 29.3 Å². The molecule has 2 heterocycles. The normalized spacial score (nSPS) is 19.5. The zero-order valence-corrected chi connectivity index (χ0v) is 14.8. The number of carbonyl (C=O) groups is 1. The molecule has 24 heavy (non-hydrogen) atoms. The number of aliphatic imine (C=N–C) groups is 1. The lowest BCUT2D eigenvalue weighted by atomic mass is 10.1. The van der Waals surface area contributed by atoms with Crippen LogP contribution >= 0.6 is 0 Å². The summed E-state index contributed by atoms with van der Waals surface area (Å²) in [6, 6.07) is 7.46. The number of amides is 1. The van der Waals surface area contributed by atoms with Crippen molar-refractivity contribution in [1.29, 1.82) is 0 Å². The van der Waals surface area contributed by atoms with E-state index >= 15 is 0 Å². The van der Waals surface area contributed by atoms with Gasteiger partial charge in [-0.2, -0.15) is 4.31 Å². The summed E-state index contributed by atoms with van der Waals surface area (Å²) < 4.78 is 24.5. The van der Waals surface area contributed by atoms with Crippen molar-refractivity contribution >= 4 is 21.8 Å². The van der Waals surface area contributed by atoms with E-state index < -0.39 is 10.0 Å². The fraction of sp³-hybridized carbons (Fsp3) is 0.500. The molecule has 0 N–H and O–H groups in total. The van der Waals surface area contributed by atoms with Crippen LogP contribution in [0.1, 0.15) is 15.9 Å². The summed E-state index contributed by atoms with van der Waals surface area (Å²) in [5, 5.41) is 0. The minimum Gasteiger partial charge on any atom is -0.358 e. The van der Waals surface area contributed by atoms with Gasteiger partial charge < -0.3 is 9.80 Å². The topological polar surface area (TPSA) is 73.3 Å². The number of benzene rings is 1. The van der Waals surface area contributed by atoms with E-state index in [-0.39, 0.29) is 5.91 Å². The van der Waals surface area contributed by atoms with Crippen molar-refractivity contribution in [2.24, 2.45) is 4.99 Å². The Labute approximate surface area is 142 Å². The van der Waals surface area contributed by atoms with Crippen molar-refractivity contribution in [2.45, 2.75) is 0 Å². The average molecular weight is 350 g/mol. The van der Waals surface area contributed by atoms with E-state index in [1.807, 2.05) is 31.3 Å². The molecule has 0 aliphatic carbocycles. The van der Waals surface area contributed by atoms with Gasteiger partial charge in [-0.25, -0.2) is 8.42 Å². The van der Waals surface area contributed by atoms with E-state index in [2.05, 4.69) is 9.89 Å². The minimum atomic E-state index is -3.18. The van der Waals surface area contributed by atoms with Crippen molar-refractivity contribution in [1.82, 2.24) is 14.1 Å². The van der Waals surface area contributed by atoms with E-state index in [9.17, 15) is 13.2 Å². The highest BCUT2D eigenvalue weighted by molar-refractivity contribution is 7.88. The number of carbonyl (C=O) groups excluding carboxylic acids is 1. The van der Waals surface area contributed by atoms with Gasteiger partial charge in [-0.3, -0.25) is 9.79 Å². The fourth-order valence-corrected chi connectivity index (χ4v) is 3.84. The van der Waals surface area contributed by atoms with Gasteiger partial charge in [0.05, 0.1) is 12.8 Å². The monoisotopic (exact) mass is 350 g/mol. The lowest BCUT2D eigenvalue weighted by Gasteiger charge is -2.33. The van der Waals surface area contributed by atoms with Crippen LogP contribution in [0.2, 0.25) is 0 Å². The second kappa shape index (κ2) is 6.52. The highest BCUT2D eigenvalue weighted by Crippen LogP contribution is 2.14. The molecule has 1 saturated heterocycles. The van der Waals surface area contributed by atoms with Gasteiger partial charge in [-0.05, 0) is 12.1 Å². The molecule has 130 valence electrons. The van der Waals surface area contributed by atoms with Crippen LogP contribution in [-0.2, 0) is 10.0 Å². The first kappa shape index (κ1) is 16.9. The largest absolute Gasteiger partial charge is 0.358 e. The van der Waals surface area contributed by atoms with E-state index in [1.165, 1.54) is 10.6 Å². The Bertz CT molecular complexity index is 750. The number of piperazine rings is 1. The zero-order chi connectivity index (χ0) is 17.3. The number of hydrogen-bond donors (Lipinski definition) is 0. The summed E-state index contributed by atoms with van der Waals surface area (Å²) in [6.45, 7) is 3.26. The lowest BCUT2D eigenvalue weighted by molar-refractivity contribution is 0.0698. The molecule has 0 unspecified atom stereocenters. The highest BCUT2D eigenvalue weighted by atomic mass is 32.2. The van der Waals surface area contributed by atoms with Crippen LogP contribution in [-0.4, -0.2) is 86.8 Å². The van der Waals surface area contributed by atoms with Gasteiger partial charge in [0.25, 0.3) is 5.91 Å². The SMILES string of the molecule is CN1CCN=C1c1ccc(C(=O)N2CCN(S(C)(=O)=O)CC2)cc1. The van der Waals surface area contributed by atoms with Gasteiger partial charge in [-0.1, -0.05) is 12.1 Å². The quantitative estimate of drug-likeness (QED) is 0.775. The number of hydrogen-bond acceptors (Lipinski definition) is 5. The molecule has 0 radical (unpaired) electrons. The van der Waals surface area contributed by atoms with Crippen molar-refractivity contribution in [3.63, 3.8) is 0 Å². The number of likely N-dealkylation sites (N-methyl/N-ethyl adjacent to an activating group) is 1. The molecule has 0 saturated carbocycles. The first-order chi connectivity index (χ1) is 11.4. The Hall–Kier alpha value is -1.93. The molecule has 1 amide bonds. The second-order valence-corrected chi connectivity index (χ2v) is 8.14.